The van der Waals surface area contributed by atoms with E-state index >= 15 is 0 Å². The first-order chi connectivity index (χ1) is 8.58. The highest BCUT2D eigenvalue weighted by molar-refractivity contribution is 6.34. The monoisotopic (exact) mass is 282 g/mol. The topological polar surface area (TPSA) is 17.1 Å². The summed E-state index contributed by atoms with van der Waals surface area (Å²) in [6.45, 7) is 0. The van der Waals surface area contributed by atoms with Gasteiger partial charge in [-0.1, -0.05) is 41.4 Å². The van der Waals surface area contributed by atoms with Gasteiger partial charge in [-0.3, -0.25) is 4.79 Å². The Hall–Kier alpha value is -1.38. The van der Waals surface area contributed by atoms with Gasteiger partial charge in [0.2, 0.25) is 0 Å². The Balaban J connectivity index is 2.25. The molecule has 4 heteroatoms. The van der Waals surface area contributed by atoms with Gasteiger partial charge in [-0.05, 0) is 29.8 Å². The van der Waals surface area contributed by atoms with Gasteiger partial charge in [0.1, 0.15) is 5.82 Å². The summed E-state index contributed by atoms with van der Waals surface area (Å²) in [6, 6.07) is 11.0. The zero-order chi connectivity index (χ0) is 13.1. The van der Waals surface area contributed by atoms with Crippen molar-refractivity contribution in [3.05, 3.63) is 69.5 Å². The van der Waals surface area contributed by atoms with Crippen LogP contribution in [0.4, 0.5) is 4.39 Å². The lowest BCUT2D eigenvalue weighted by molar-refractivity contribution is 0.0989. The van der Waals surface area contributed by atoms with Crippen molar-refractivity contribution in [3.63, 3.8) is 0 Å². The second-order valence-corrected chi connectivity index (χ2v) is 4.67. The Bertz CT molecular complexity index is 559. The van der Waals surface area contributed by atoms with Crippen molar-refractivity contribution >= 4 is 29.0 Å². The Morgan fingerprint density at radius 3 is 2.33 bits per heavy atom. The minimum absolute atomic E-state index is 0.0610. The fourth-order valence-corrected chi connectivity index (χ4v) is 2.03. The third kappa shape index (κ3) is 2.89. The molecule has 92 valence electrons. The molecule has 0 saturated carbocycles. The molecule has 0 fully saturated rings. The molecule has 0 bridgehead atoms. The van der Waals surface area contributed by atoms with Crippen LogP contribution in [0.3, 0.4) is 0 Å². The summed E-state index contributed by atoms with van der Waals surface area (Å²) in [6.07, 6.45) is 0.0951. The zero-order valence-corrected chi connectivity index (χ0v) is 10.8. The van der Waals surface area contributed by atoms with Crippen LogP contribution >= 0.6 is 23.2 Å². The predicted molar refractivity (Wildman–Crippen MR) is 70.9 cm³/mol. The molecule has 0 aromatic heterocycles. The predicted octanol–water partition coefficient (Wildman–Crippen LogP) is 4.56. The van der Waals surface area contributed by atoms with Crippen LogP contribution in [-0.2, 0) is 6.42 Å². The maximum atomic E-state index is 13.5. The number of carbonyl (C=O) groups is 1. The Labute approximate surface area is 114 Å². The quantitative estimate of drug-likeness (QED) is 0.755. The molecule has 2 aromatic carbocycles. The third-order valence-corrected chi connectivity index (χ3v) is 3.09. The van der Waals surface area contributed by atoms with E-state index in [0.717, 1.165) is 5.56 Å². The van der Waals surface area contributed by atoms with Gasteiger partial charge in [-0.2, -0.15) is 0 Å². The molecule has 0 saturated heterocycles. The molecule has 18 heavy (non-hydrogen) atoms. The smallest absolute Gasteiger partial charge is 0.171 e. The molecule has 2 aromatic rings. The molecule has 0 spiro atoms. The minimum Gasteiger partial charge on any atom is -0.294 e. The highest BCUT2D eigenvalue weighted by atomic mass is 35.5. The highest BCUT2D eigenvalue weighted by Gasteiger charge is 2.15. The SMILES string of the molecule is O=C(Cc1ccc(Cl)cc1)c1c(F)cccc1Cl. The van der Waals surface area contributed by atoms with Gasteiger partial charge in [0, 0.05) is 11.4 Å². The molecule has 2 rings (SSSR count). The van der Waals surface area contributed by atoms with Crippen molar-refractivity contribution < 1.29 is 9.18 Å². The first kappa shape index (κ1) is 13.1. The number of hydrogen-bond donors (Lipinski definition) is 0. The van der Waals surface area contributed by atoms with Crippen molar-refractivity contribution in [3.8, 4) is 0 Å². The van der Waals surface area contributed by atoms with Gasteiger partial charge in [0.15, 0.2) is 5.78 Å². The molecule has 0 aliphatic heterocycles. The van der Waals surface area contributed by atoms with Crippen LogP contribution in [-0.4, -0.2) is 5.78 Å². The fourth-order valence-electron chi connectivity index (χ4n) is 1.64. The first-order valence-corrected chi connectivity index (χ1v) is 6.05. The summed E-state index contributed by atoms with van der Waals surface area (Å²) in [5.74, 6) is -0.943. The van der Waals surface area contributed by atoms with E-state index in [4.69, 9.17) is 23.2 Å². The molecule has 0 radical (unpaired) electrons. The van der Waals surface area contributed by atoms with Gasteiger partial charge in [-0.15, -0.1) is 0 Å². The first-order valence-electron chi connectivity index (χ1n) is 5.29. The van der Waals surface area contributed by atoms with Crippen LogP contribution in [0, 0.1) is 5.82 Å². The molecular weight excluding hydrogens is 274 g/mol. The summed E-state index contributed by atoms with van der Waals surface area (Å²) in [4.78, 5) is 12.0. The van der Waals surface area contributed by atoms with Gasteiger partial charge < -0.3 is 0 Å². The van der Waals surface area contributed by atoms with Crippen LogP contribution in [0.1, 0.15) is 15.9 Å². The van der Waals surface area contributed by atoms with Crippen molar-refractivity contribution in [2.24, 2.45) is 0 Å². The molecule has 0 amide bonds. The number of rotatable bonds is 3. The van der Waals surface area contributed by atoms with Crippen LogP contribution in [0.5, 0.6) is 0 Å². The van der Waals surface area contributed by atoms with Crippen molar-refractivity contribution in [2.45, 2.75) is 6.42 Å². The molecule has 0 aliphatic rings. The van der Waals surface area contributed by atoms with E-state index in [1.54, 1.807) is 24.3 Å². The van der Waals surface area contributed by atoms with Crippen molar-refractivity contribution in [1.29, 1.82) is 0 Å². The van der Waals surface area contributed by atoms with E-state index in [1.165, 1.54) is 18.2 Å². The second kappa shape index (κ2) is 5.51. The number of ketones is 1. The largest absolute Gasteiger partial charge is 0.294 e. The second-order valence-electron chi connectivity index (χ2n) is 3.82. The normalized spacial score (nSPS) is 10.4. The molecule has 0 N–H and O–H groups in total. The lowest BCUT2D eigenvalue weighted by Gasteiger charge is -2.05. The van der Waals surface area contributed by atoms with Crippen LogP contribution in [0.2, 0.25) is 10.0 Å². The maximum absolute atomic E-state index is 13.5. The van der Waals surface area contributed by atoms with E-state index < -0.39 is 5.82 Å². The molecule has 0 heterocycles. The van der Waals surface area contributed by atoms with Gasteiger partial charge in [0.25, 0.3) is 0 Å². The van der Waals surface area contributed by atoms with Gasteiger partial charge >= 0.3 is 0 Å². The average Bonchev–Trinajstić information content (AvgIpc) is 2.32. The summed E-state index contributed by atoms with van der Waals surface area (Å²) >= 11 is 11.6. The minimum atomic E-state index is -0.596. The van der Waals surface area contributed by atoms with Gasteiger partial charge in [0.05, 0.1) is 10.6 Å². The van der Waals surface area contributed by atoms with Crippen molar-refractivity contribution in [2.75, 3.05) is 0 Å². The summed E-state index contributed by atoms with van der Waals surface area (Å²) < 4.78 is 13.5. The zero-order valence-electron chi connectivity index (χ0n) is 9.29. The summed E-state index contributed by atoms with van der Waals surface area (Å²) in [5.41, 5.74) is 0.706. The van der Waals surface area contributed by atoms with E-state index in [-0.39, 0.29) is 22.8 Å². The van der Waals surface area contributed by atoms with Crippen molar-refractivity contribution in [1.82, 2.24) is 0 Å². The van der Waals surface area contributed by atoms with E-state index in [2.05, 4.69) is 0 Å². The number of benzene rings is 2. The Morgan fingerprint density at radius 1 is 1.06 bits per heavy atom. The molecule has 1 nitrogen and oxygen atoms in total. The van der Waals surface area contributed by atoms with E-state index in [1.807, 2.05) is 0 Å². The molecular formula is C14H9Cl2FO. The standard InChI is InChI=1S/C14H9Cl2FO/c15-10-6-4-9(5-7-10)8-13(18)14-11(16)2-1-3-12(14)17/h1-7H,8H2. The molecule has 0 atom stereocenters. The highest BCUT2D eigenvalue weighted by Crippen LogP contribution is 2.21. The van der Waals surface area contributed by atoms with Gasteiger partial charge in [-0.25, -0.2) is 4.39 Å². The van der Waals surface area contributed by atoms with E-state index in [0.29, 0.717) is 5.02 Å². The third-order valence-electron chi connectivity index (χ3n) is 2.52. The number of carbonyl (C=O) groups excluding carboxylic acids is 1. The number of halogens is 3. The maximum Gasteiger partial charge on any atom is 0.171 e. The lowest BCUT2D eigenvalue weighted by atomic mass is 10.0. The van der Waals surface area contributed by atoms with E-state index in [9.17, 15) is 9.18 Å². The average molecular weight is 283 g/mol. The number of Topliss-reactive ketones (excluding diaryl/α,β-unsaturated/α-hetero) is 1. The summed E-state index contributed by atoms with van der Waals surface area (Å²) in [5, 5.41) is 0.726. The Morgan fingerprint density at radius 2 is 1.72 bits per heavy atom. The molecule has 0 unspecified atom stereocenters. The number of hydrogen-bond acceptors (Lipinski definition) is 1. The molecule has 0 aliphatic carbocycles. The van der Waals surface area contributed by atoms with Crippen LogP contribution in [0.25, 0.3) is 0 Å². The fraction of sp³-hybridized carbons (Fsp3) is 0.0714. The summed E-state index contributed by atoms with van der Waals surface area (Å²) in [7, 11) is 0. The van der Waals surface area contributed by atoms with Crippen LogP contribution < -0.4 is 0 Å². The Kier molecular flexibility index (Phi) is 4.00. The lowest BCUT2D eigenvalue weighted by Crippen LogP contribution is -2.07. The van der Waals surface area contributed by atoms with Crippen LogP contribution in [0.15, 0.2) is 42.5 Å².